The molecule has 2 fully saturated rings. The van der Waals surface area contributed by atoms with Gasteiger partial charge in [0.05, 0.1) is 26.2 Å². The Balaban J connectivity index is 1.87. The van der Waals surface area contributed by atoms with Crippen molar-refractivity contribution in [2.24, 2.45) is 11.8 Å². The van der Waals surface area contributed by atoms with Gasteiger partial charge in [-0.25, -0.2) is 0 Å². The Kier molecular flexibility index (Phi) is 4.18. The van der Waals surface area contributed by atoms with E-state index in [2.05, 4.69) is 4.90 Å². The molecule has 0 amide bonds. The highest BCUT2D eigenvalue weighted by Gasteiger charge is 2.34. The highest BCUT2D eigenvalue weighted by Crippen LogP contribution is 2.34. The van der Waals surface area contributed by atoms with Gasteiger partial charge in [-0.1, -0.05) is 6.42 Å². The van der Waals surface area contributed by atoms with E-state index >= 15 is 0 Å². The molecule has 1 aliphatic carbocycles. The van der Waals surface area contributed by atoms with Crippen LogP contribution in [0.2, 0.25) is 0 Å². The standard InChI is InChI=1S/C12H21NO3/c1-15-12(14)11(10-3-2-4-10)9-13-5-7-16-8-6-13/h10-11H,2-9H2,1H3. The Morgan fingerprint density at radius 1 is 1.44 bits per heavy atom. The normalized spacial score (nSPS) is 24.8. The van der Waals surface area contributed by atoms with Crippen molar-refractivity contribution in [3.63, 3.8) is 0 Å². The second kappa shape index (κ2) is 5.64. The molecule has 1 aliphatic heterocycles. The van der Waals surface area contributed by atoms with Gasteiger partial charge in [0.15, 0.2) is 0 Å². The Morgan fingerprint density at radius 2 is 2.12 bits per heavy atom. The molecule has 2 rings (SSSR count). The predicted octanol–water partition coefficient (Wildman–Crippen LogP) is 0.908. The van der Waals surface area contributed by atoms with Crippen LogP contribution < -0.4 is 0 Å². The molecule has 2 aliphatic rings. The van der Waals surface area contributed by atoms with Crippen molar-refractivity contribution in [1.29, 1.82) is 0 Å². The maximum absolute atomic E-state index is 11.7. The third-order valence-electron chi connectivity index (χ3n) is 3.78. The van der Waals surface area contributed by atoms with E-state index in [-0.39, 0.29) is 11.9 Å². The third-order valence-corrected chi connectivity index (χ3v) is 3.78. The molecular weight excluding hydrogens is 206 g/mol. The van der Waals surface area contributed by atoms with Crippen molar-refractivity contribution < 1.29 is 14.3 Å². The molecule has 1 saturated carbocycles. The number of methoxy groups -OCH3 is 1. The van der Waals surface area contributed by atoms with Crippen LogP contribution in [0.25, 0.3) is 0 Å². The monoisotopic (exact) mass is 227 g/mol. The molecular formula is C12H21NO3. The van der Waals surface area contributed by atoms with Gasteiger partial charge in [0.2, 0.25) is 0 Å². The van der Waals surface area contributed by atoms with Crippen molar-refractivity contribution in [2.75, 3.05) is 40.0 Å². The quantitative estimate of drug-likeness (QED) is 0.669. The number of hydrogen-bond acceptors (Lipinski definition) is 4. The summed E-state index contributed by atoms with van der Waals surface area (Å²) in [6.45, 7) is 4.32. The largest absolute Gasteiger partial charge is 0.469 e. The van der Waals surface area contributed by atoms with Gasteiger partial charge in [-0.15, -0.1) is 0 Å². The fraction of sp³-hybridized carbons (Fsp3) is 0.917. The molecule has 1 saturated heterocycles. The molecule has 1 heterocycles. The predicted molar refractivity (Wildman–Crippen MR) is 60.1 cm³/mol. The summed E-state index contributed by atoms with van der Waals surface area (Å²) < 4.78 is 10.2. The molecule has 0 aromatic rings. The topological polar surface area (TPSA) is 38.8 Å². The number of esters is 1. The maximum Gasteiger partial charge on any atom is 0.310 e. The first-order valence-corrected chi connectivity index (χ1v) is 6.19. The molecule has 0 N–H and O–H groups in total. The van der Waals surface area contributed by atoms with Crippen LogP contribution in [0.15, 0.2) is 0 Å². The summed E-state index contributed by atoms with van der Waals surface area (Å²) in [5, 5.41) is 0. The number of carbonyl (C=O) groups excluding carboxylic acids is 1. The lowest BCUT2D eigenvalue weighted by molar-refractivity contribution is -0.150. The van der Waals surface area contributed by atoms with E-state index in [1.165, 1.54) is 26.4 Å². The third kappa shape index (κ3) is 2.74. The molecule has 0 aromatic carbocycles. The van der Waals surface area contributed by atoms with Crippen LogP contribution >= 0.6 is 0 Å². The van der Waals surface area contributed by atoms with Crippen molar-refractivity contribution in [3.8, 4) is 0 Å². The van der Waals surface area contributed by atoms with E-state index in [0.29, 0.717) is 5.92 Å². The molecule has 0 spiro atoms. The first-order valence-electron chi connectivity index (χ1n) is 6.19. The van der Waals surface area contributed by atoms with Crippen LogP contribution in [-0.2, 0) is 14.3 Å². The lowest BCUT2D eigenvalue weighted by Gasteiger charge is -2.36. The fourth-order valence-electron chi connectivity index (χ4n) is 2.47. The van der Waals surface area contributed by atoms with E-state index in [0.717, 1.165) is 32.8 Å². The van der Waals surface area contributed by atoms with Crippen molar-refractivity contribution in [3.05, 3.63) is 0 Å². The summed E-state index contributed by atoms with van der Waals surface area (Å²) in [5.74, 6) is 0.600. The lowest BCUT2D eigenvalue weighted by atomic mass is 9.75. The van der Waals surface area contributed by atoms with Crippen molar-refractivity contribution in [2.45, 2.75) is 19.3 Å². The van der Waals surface area contributed by atoms with Gasteiger partial charge in [0.1, 0.15) is 0 Å². The van der Waals surface area contributed by atoms with Gasteiger partial charge in [-0.05, 0) is 18.8 Å². The molecule has 4 heteroatoms. The van der Waals surface area contributed by atoms with Gasteiger partial charge >= 0.3 is 5.97 Å². The Labute approximate surface area is 96.9 Å². The minimum absolute atomic E-state index is 0.0313. The molecule has 0 radical (unpaired) electrons. The van der Waals surface area contributed by atoms with Crippen LogP contribution in [-0.4, -0.2) is 50.8 Å². The smallest absolute Gasteiger partial charge is 0.310 e. The summed E-state index contributed by atoms with van der Waals surface area (Å²) in [6.07, 6.45) is 3.63. The minimum atomic E-state index is -0.0313. The average Bonchev–Trinajstić information content (AvgIpc) is 2.26. The molecule has 4 nitrogen and oxygen atoms in total. The second-order valence-corrected chi connectivity index (χ2v) is 4.73. The van der Waals surface area contributed by atoms with Crippen molar-refractivity contribution in [1.82, 2.24) is 4.90 Å². The van der Waals surface area contributed by atoms with Gasteiger partial charge in [0.25, 0.3) is 0 Å². The Hall–Kier alpha value is -0.610. The first kappa shape index (κ1) is 11.9. The number of ether oxygens (including phenoxy) is 2. The Morgan fingerprint density at radius 3 is 2.62 bits per heavy atom. The minimum Gasteiger partial charge on any atom is -0.469 e. The van der Waals surface area contributed by atoms with Crippen LogP contribution in [0.3, 0.4) is 0 Å². The molecule has 1 unspecified atom stereocenters. The van der Waals surface area contributed by atoms with E-state index in [1.807, 2.05) is 0 Å². The number of nitrogens with zero attached hydrogens (tertiary/aromatic N) is 1. The summed E-state index contributed by atoms with van der Waals surface area (Å²) in [5.41, 5.74) is 0. The maximum atomic E-state index is 11.7. The second-order valence-electron chi connectivity index (χ2n) is 4.73. The summed E-state index contributed by atoms with van der Waals surface area (Å²) in [7, 11) is 1.49. The van der Waals surface area contributed by atoms with Crippen LogP contribution in [0.1, 0.15) is 19.3 Å². The zero-order valence-corrected chi connectivity index (χ0v) is 9.98. The van der Waals surface area contributed by atoms with E-state index in [4.69, 9.17) is 9.47 Å². The van der Waals surface area contributed by atoms with E-state index in [1.54, 1.807) is 0 Å². The summed E-state index contributed by atoms with van der Waals surface area (Å²) in [6, 6.07) is 0. The van der Waals surface area contributed by atoms with Gasteiger partial charge in [-0.3, -0.25) is 9.69 Å². The zero-order chi connectivity index (χ0) is 11.4. The zero-order valence-electron chi connectivity index (χ0n) is 9.98. The van der Waals surface area contributed by atoms with E-state index < -0.39 is 0 Å². The molecule has 92 valence electrons. The number of hydrogen-bond donors (Lipinski definition) is 0. The number of rotatable bonds is 4. The first-order chi connectivity index (χ1) is 7.81. The van der Waals surface area contributed by atoms with Crippen LogP contribution in [0, 0.1) is 11.8 Å². The Bertz CT molecular complexity index is 234. The van der Waals surface area contributed by atoms with E-state index in [9.17, 15) is 4.79 Å². The SMILES string of the molecule is COC(=O)C(CN1CCOCC1)C1CCC1. The highest BCUT2D eigenvalue weighted by molar-refractivity contribution is 5.73. The molecule has 0 bridgehead atoms. The van der Waals surface area contributed by atoms with Gasteiger partial charge < -0.3 is 9.47 Å². The fourth-order valence-corrected chi connectivity index (χ4v) is 2.47. The van der Waals surface area contributed by atoms with Crippen LogP contribution in [0.5, 0.6) is 0 Å². The molecule has 1 atom stereocenters. The molecule has 16 heavy (non-hydrogen) atoms. The van der Waals surface area contributed by atoms with Gasteiger partial charge in [0, 0.05) is 19.6 Å². The van der Waals surface area contributed by atoms with Crippen molar-refractivity contribution >= 4 is 5.97 Å². The lowest BCUT2D eigenvalue weighted by Crippen LogP contribution is -2.44. The van der Waals surface area contributed by atoms with Crippen LogP contribution in [0.4, 0.5) is 0 Å². The summed E-state index contributed by atoms with van der Waals surface area (Å²) >= 11 is 0. The average molecular weight is 227 g/mol. The molecule has 0 aromatic heterocycles. The number of morpholine rings is 1. The number of carbonyl (C=O) groups is 1. The van der Waals surface area contributed by atoms with Gasteiger partial charge in [-0.2, -0.15) is 0 Å². The summed E-state index contributed by atoms with van der Waals surface area (Å²) in [4.78, 5) is 14.1. The highest BCUT2D eigenvalue weighted by atomic mass is 16.5.